The van der Waals surface area contributed by atoms with Crippen molar-refractivity contribution in [3.8, 4) is 0 Å². The van der Waals surface area contributed by atoms with Gasteiger partial charge in [-0.2, -0.15) is 0 Å². The predicted molar refractivity (Wildman–Crippen MR) is 107 cm³/mol. The summed E-state index contributed by atoms with van der Waals surface area (Å²) in [6, 6.07) is -5.45. The smallest absolute Gasteiger partial charge is 0.326 e. The van der Waals surface area contributed by atoms with Crippen LogP contribution in [0.2, 0.25) is 0 Å². The monoisotopic (exact) mass is 448 g/mol. The molecule has 0 saturated heterocycles. The molecule has 0 aliphatic carbocycles. The fourth-order valence-electron chi connectivity index (χ4n) is 2.41. The van der Waals surface area contributed by atoms with Gasteiger partial charge in [-0.15, -0.1) is 0 Å². The number of carboxylic acids is 1. The van der Waals surface area contributed by atoms with Crippen LogP contribution in [0.4, 0.5) is 0 Å². The zero-order chi connectivity index (χ0) is 24.0. The molecule has 0 saturated carbocycles. The molecule has 0 aromatic carbocycles. The first-order valence-electron chi connectivity index (χ1n) is 9.66. The average Bonchev–Trinajstić information content (AvgIpc) is 2.72. The number of unbranched alkanes of at least 4 members (excludes halogenated alkanes) is 1. The maximum Gasteiger partial charge on any atom is 0.326 e. The van der Waals surface area contributed by atoms with Crippen LogP contribution in [0.25, 0.3) is 0 Å². The molecule has 0 fully saturated rings. The summed E-state index contributed by atoms with van der Waals surface area (Å²) >= 11 is 0. The van der Waals surface area contributed by atoms with Gasteiger partial charge in [0, 0.05) is 6.42 Å². The standard InChI is InChI=1S/C17H32N6O8/c18-6-2-1-3-11(17(30)31)22-16(29)12(8-25)23-15(28)10(4-5-13(20)26)21-14(27)9(19)7-24/h9-12,24-25H,1-8,18-19H2,(H2,20,26)(H,21,27)(H,22,29)(H,23,28)(H,30,31). The molecule has 31 heavy (non-hydrogen) atoms. The summed E-state index contributed by atoms with van der Waals surface area (Å²) in [5, 5.41) is 34.2. The van der Waals surface area contributed by atoms with Crippen molar-refractivity contribution in [3.63, 3.8) is 0 Å². The second-order valence-corrected chi connectivity index (χ2v) is 6.78. The molecule has 0 bridgehead atoms. The molecule has 0 spiro atoms. The van der Waals surface area contributed by atoms with E-state index in [1.54, 1.807) is 0 Å². The van der Waals surface area contributed by atoms with Gasteiger partial charge in [0.15, 0.2) is 0 Å². The van der Waals surface area contributed by atoms with Crippen LogP contribution in [-0.4, -0.2) is 88.8 Å². The molecular formula is C17H32N6O8. The molecule has 0 aromatic heterocycles. The molecule has 0 aromatic rings. The Bertz CT molecular complexity index is 632. The molecule has 14 nitrogen and oxygen atoms in total. The maximum atomic E-state index is 12.5. The zero-order valence-electron chi connectivity index (χ0n) is 17.1. The third-order valence-corrected chi connectivity index (χ3v) is 4.22. The molecule has 0 aliphatic rings. The zero-order valence-corrected chi connectivity index (χ0v) is 17.1. The lowest BCUT2D eigenvalue weighted by Gasteiger charge is -2.24. The first kappa shape index (κ1) is 28.2. The summed E-state index contributed by atoms with van der Waals surface area (Å²) in [6.07, 6.45) is 0.570. The number of carboxylic acid groups (broad SMARTS) is 1. The van der Waals surface area contributed by atoms with Gasteiger partial charge in [0.2, 0.25) is 23.6 Å². The Balaban J connectivity index is 5.17. The van der Waals surface area contributed by atoms with Crippen LogP contribution in [0.15, 0.2) is 0 Å². The molecule has 0 aliphatic heterocycles. The lowest BCUT2D eigenvalue weighted by atomic mass is 10.1. The van der Waals surface area contributed by atoms with Crippen molar-refractivity contribution in [2.75, 3.05) is 19.8 Å². The highest BCUT2D eigenvalue weighted by atomic mass is 16.4. The van der Waals surface area contributed by atoms with E-state index in [2.05, 4.69) is 16.0 Å². The van der Waals surface area contributed by atoms with Crippen molar-refractivity contribution in [3.05, 3.63) is 0 Å². The number of nitrogens with two attached hydrogens (primary N) is 3. The SMILES string of the molecule is NCCCCC(NC(=O)C(CO)NC(=O)C(CCC(N)=O)NC(=O)C(N)CO)C(=O)O. The van der Waals surface area contributed by atoms with Crippen molar-refractivity contribution in [2.45, 2.75) is 56.3 Å². The normalized spacial score (nSPS) is 14.6. The second-order valence-electron chi connectivity index (χ2n) is 6.78. The highest BCUT2D eigenvalue weighted by Crippen LogP contribution is 2.03. The highest BCUT2D eigenvalue weighted by molar-refractivity contribution is 5.94. The van der Waals surface area contributed by atoms with Gasteiger partial charge in [0.1, 0.15) is 24.2 Å². The third-order valence-electron chi connectivity index (χ3n) is 4.22. The van der Waals surface area contributed by atoms with E-state index < -0.39 is 67.0 Å². The number of carbonyl (C=O) groups excluding carboxylic acids is 4. The van der Waals surface area contributed by atoms with Crippen molar-refractivity contribution in [1.29, 1.82) is 0 Å². The molecule has 14 heteroatoms. The minimum Gasteiger partial charge on any atom is -0.480 e. The maximum absolute atomic E-state index is 12.5. The molecule has 4 unspecified atom stereocenters. The number of amides is 4. The second kappa shape index (κ2) is 15.1. The minimum atomic E-state index is -1.52. The van der Waals surface area contributed by atoms with E-state index in [0.29, 0.717) is 19.4 Å². The Morgan fingerprint density at radius 1 is 0.774 bits per heavy atom. The van der Waals surface area contributed by atoms with E-state index in [1.807, 2.05) is 0 Å². The van der Waals surface area contributed by atoms with Crippen LogP contribution < -0.4 is 33.2 Å². The molecular weight excluding hydrogens is 416 g/mol. The first-order chi connectivity index (χ1) is 14.6. The number of rotatable bonds is 16. The van der Waals surface area contributed by atoms with Crippen molar-refractivity contribution >= 4 is 29.6 Å². The van der Waals surface area contributed by atoms with Gasteiger partial charge in [-0.3, -0.25) is 19.2 Å². The fraction of sp³-hybridized carbons (Fsp3) is 0.706. The number of primary amides is 1. The van der Waals surface area contributed by atoms with Crippen molar-refractivity contribution in [1.82, 2.24) is 16.0 Å². The summed E-state index contributed by atoms with van der Waals surface area (Å²) in [6.45, 7) is -1.20. The Morgan fingerprint density at radius 2 is 1.32 bits per heavy atom. The molecule has 178 valence electrons. The average molecular weight is 448 g/mol. The van der Waals surface area contributed by atoms with Crippen molar-refractivity contribution < 1.29 is 39.3 Å². The molecule has 4 atom stereocenters. The highest BCUT2D eigenvalue weighted by Gasteiger charge is 2.30. The largest absolute Gasteiger partial charge is 0.480 e. The molecule has 0 radical (unpaired) electrons. The fourth-order valence-corrected chi connectivity index (χ4v) is 2.41. The third kappa shape index (κ3) is 11.2. The minimum absolute atomic E-state index is 0.0979. The van der Waals surface area contributed by atoms with Crippen LogP contribution in [0.1, 0.15) is 32.1 Å². The van der Waals surface area contributed by atoms with Crippen LogP contribution in [0.5, 0.6) is 0 Å². The number of hydrogen-bond acceptors (Lipinski definition) is 9. The lowest BCUT2D eigenvalue weighted by Crippen LogP contribution is -2.58. The van der Waals surface area contributed by atoms with Gasteiger partial charge in [0.05, 0.1) is 13.2 Å². The van der Waals surface area contributed by atoms with E-state index >= 15 is 0 Å². The summed E-state index contributed by atoms with van der Waals surface area (Å²) in [7, 11) is 0. The van der Waals surface area contributed by atoms with Crippen LogP contribution in [0, 0.1) is 0 Å². The van der Waals surface area contributed by atoms with E-state index in [-0.39, 0.29) is 19.3 Å². The van der Waals surface area contributed by atoms with Crippen molar-refractivity contribution in [2.24, 2.45) is 17.2 Å². The van der Waals surface area contributed by atoms with Gasteiger partial charge in [-0.25, -0.2) is 4.79 Å². The quantitative estimate of drug-likeness (QED) is 0.102. The number of aliphatic hydroxyl groups is 2. The molecule has 12 N–H and O–H groups in total. The van der Waals surface area contributed by atoms with Gasteiger partial charge in [-0.1, -0.05) is 0 Å². The predicted octanol–water partition coefficient (Wildman–Crippen LogP) is -4.77. The van der Waals surface area contributed by atoms with Gasteiger partial charge in [0.25, 0.3) is 0 Å². The summed E-state index contributed by atoms with van der Waals surface area (Å²) < 4.78 is 0. The Hall–Kier alpha value is -2.81. The van der Waals surface area contributed by atoms with E-state index in [4.69, 9.17) is 22.3 Å². The van der Waals surface area contributed by atoms with E-state index in [9.17, 15) is 34.2 Å². The summed E-state index contributed by atoms with van der Waals surface area (Å²) in [5.41, 5.74) is 15.8. The van der Waals surface area contributed by atoms with Crippen LogP contribution in [0.3, 0.4) is 0 Å². The molecule has 4 amide bonds. The van der Waals surface area contributed by atoms with Crippen LogP contribution in [-0.2, 0) is 24.0 Å². The van der Waals surface area contributed by atoms with Gasteiger partial charge < -0.3 is 48.5 Å². The number of aliphatic hydroxyl groups excluding tert-OH is 2. The van der Waals surface area contributed by atoms with E-state index in [1.165, 1.54) is 0 Å². The first-order valence-corrected chi connectivity index (χ1v) is 9.66. The molecule has 0 heterocycles. The Morgan fingerprint density at radius 3 is 1.81 bits per heavy atom. The van der Waals surface area contributed by atoms with Crippen LogP contribution >= 0.6 is 0 Å². The Kier molecular flexibility index (Phi) is 13.7. The summed E-state index contributed by atoms with van der Waals surface area (Å²) in [5.74, 6) is -4.83. The number of nitrogens with one attached hydrogen (secondary N) is 3. The topological polar surface area (TPSA) is 260 Å². The number of carbonyl (C=O) groups is 5. The molecule has 0 rings (SSSR count). The Labute approximate surface area is 178 Å². The number of aliphatic carboxylic acids is 1. The lowest BCUT2D eigenvalue weighted by molar-refractivity contribution is -0.142. The number of hydrogen-bond donors (Lipinski definition) is 9. The van der Waals surface area contributed by atoms with E-state index in [0.717, 1.165) is 0 Å². The summed E-state index contributed by atoms with van der Waals surface area (Å²) in [4.78, 5) is 59.1. The van der Waals surface area contributed by atoms with Gasteiger partial charge >= 0.3 is 5.97 Å². The van der Waals surface area contributed by atoms with Gasteiger partial charge in [-0.05, 0) is 32.2 Å².